The zero-order chi connectivity index (χ0) is 21.8. The van der Waals surface area contributed by atoms with E-state index in [0.29, 0.717) is 27.4 Å². The van der Waals surface area contributed by atoms with Crippen LogP contribution < -0.4 is 4.74 Å². The second-order valence-corrected chi connectivity index (χ2v) is 7.79. The van der Waals surface area contributed by atoms with Gasteiger partial charge in [0.2, 0.25) is 0 Å². The van der Waals surface area contributed by atoms with E-state index < -0.39 is 29.6 Å². The van der Waals surface area contributed by atoms with Crippen LogP contribution in [0.25, 0.3) is 6.08 Å². The van der Waals surface area contributed by atoms with Crippen molar-refractivity contribution in [2.24, 2.45) is 0 Å². The Hall–Kier alpha value is -2.81. The summed E-state index contributed by atoms with van der Waals surface area (Å²) in [5, 5.41) is 0.195. The molecule has 2 aromatic rings. The van der Waals surface area contributed by atoms with Crippen molar-refractivity contribution in [2.45, 2.75) is 0 Å². The molecule has 10 heteroatoms. The average molecular weight is 466 g/mol. The van der Waals surface area contributed by atoms with Crippen LogP contribution in [0.4, 0.5) is 4.79 Å². The third kappa shape index (κ3) is 5.02. The lowest BCUT2D eigenvalue weighted by Crippen LogP contribution is -2.34. The molecule has 2 amide bonds. The number of ether oxygens (including phenoxy) is 2. The van der Waals surface area contributed by atoms with Gasteiger partial charge in [0.25, 0.3) is 11.1 Å². The molecular formula is C20H13Cl2NO6S. The van der Waals surface area contributed by atoms with Crippen molar-refractivity contribution < 1.29 is 28.7 Å². The maximum absolute atomic E-state index is 12.5. The number of amides is 2. The Balaban J connectivity index is 1.87. The van der Waals surface area contributed by atoms with Crippen LogP contribution >= 0.6 is 35.0 Å². The van der Waals surface area contributed by atoms with Crippen molar-refractivity contribution in [2.75, 3.05) is 13.7 Å². The average Bonchev–Trinajstić information content (AvgIpc) is 2.97. The number of hydrogen-bond acceptors (Lipinski definition) is 7. The van der Waals surface area contributed by atoms with E-state index in [9.17, 15) is 19.2 Å². The number of esters is 2. The normalized spacial score (nSPS) is 14.9. The van der Waals surface area contributed by atoms with E-state index in [0.717, 1.165) is 12.0 Å². The summed E-state index contributed by atoms with van der Waals surface area (Å²) >= 11 is 12.5. The Morgan fingerprint density at radius 2 is 1.73 bits per heavy atom. The van der Waals surface area contributed by atoms with Gasteiger partial charge in [0.1, 0.15) is 12.3 Å². The minimum Gasteiger partial charge on any atom is -0.468 e. The molecular weight excluding hydrogens is 453 g/mol. The van der Waals surface area contributed by atoms with Gasteiger partial charge in [-0.15, -0.1) is 0 Å². The van der Waals surface area contributed by atoms with Gasteiger partial charge in [-0.1, -0.05) is 23.2 Å². The fraction of sp³-hybridized carbons (Fsp3) is 0.100. The molecule has 0 N–H and O–H groups in total. The molecule has 3 rings (SSSR count). The number of halogens is 2. The van der Waals surface area contributed by atoms with Gasteiger partial charge in [0.15, 0.2) is 0 Å². The quantitative estimate of drug-likeness (QED) is 0.366. The van der Waals surface area contributed by atoms with Gasteiger partial charge in [0, 0.05) is 15.6 Å². The van der Waals surface area contributed by atoms with Gasteiger partial charge in [-0.3, -0.25) is 19.3 Å². The lowest BCUT2D eigenvalue weighted by Gasteiger charge is -2.10. The van der Waals surface area contributed by atoms with Crippen LogP contribution in [0.5, 0.6) is 5.75 Å². The number of imide groups is 1. The lowest BCUT2D eigenvalue weighted by molar-refractivity contribution is -0.143. The molecule has 1 aliphatic rings. The third-order valence-corrected chi connectivity index (χ3v) is 5.32. The van der Waals surface area contributed by atoms with Crippen molar-refractivity contribution in [3.05, 3.63) is 68.5 Å². The van der Waals surface area contributed by atoms with Crippen LogP contribution in [0.1, 0.15) is 15.9 Å². The highest BCUT2D eigenvalue weighted by molar-refractivity contribution is 8.18. The molecule has 0 atom stereocenters. The first-order chi connectivity index (χ1) is 14.3. The van der Waals surface area contributed by atoms with Gasteiger partial charge in [-0.25, -0.2) is 4.79 Å². The standard InChI is InChI=1S/C20H13Cl2NO6S/c1-28-17(24)10-23-18(25)16(30-20(23)27)9-12-8-14(22)6-7-15(12)29-19(26)11-2-4-13(21)5-3-11/h2-9H,10H2,1H3/b16-9-. The van der Waals surface area contributed by atoms with Gasteiger partial charge in [-0.2, -0.15) is 0 Å². The number of carbonyl (C=O) groups excluding carboxylic acids is 4. The molecule has 1 heterocycles. The zero-order valence-electron chi connectivity index (χ0n) is 15.4. The molecule has 2 aromatic carbocycles. The molecule has 0 radical (unpaired) electrons. The number of nitrogens with zero attached hydrogens (tertiary/aromatic N) is 1. The van der Waals surface area contributed by atoms with Gasteiger partial charge in [-0.05, 0) is 60.3 Å². The summed E-state index contributed by atoms with van der Waals surface area (Å²) in [5.74, 6) is -1.88. The van der Waals surface area contributed by atoms with Gasteiger partial charge < -0.3 is 9.47 Å². The number of rotatable bonds is 5. The molecule has 0 spiro atoms. The molecule has 154 valence electrons. The number of carbonyl (C=O) groups is 4. The topological polar surface area (TPSA) is 90.0 Å². The van der Waals surface area contributed by atoms with Crippen molar-refractivity contribution >= 4 is 64.1 Å². The largest absolute Gasteiger partial charge is 0.468 e. The Bertz CT molecular complexity index is 1070. The molecule has 0 aromatic heterocycles. The molecule has 0 saturated carbocycles. The maximum Gasteiger partial charge on any atom is 0.343 e. The summed E-state index contributed by atoms with van der Waals surface area (Å²) in [7, 11) is 1.16. The van der Waals surface area contributed by atoms with Crippen LogP contribution in [0.2, 0.25) is 10.0 Å². The second-order valence-electron chi connectivity index (χ2n) is 5.92. The van der Waals surface area contributed by atoms with Gasteiger partial charge >= 0.3 is 11.9 Å². The second kappa shape index (κ2) is 9.34. The summed E-state index contributed by atoms with van der Waals surface area (Å²) in [4.78, 5) is 49.2. The number of methoxy groups -OCH3 is 1. The Labute approximate surface area is 185 Å². The van der Waals surface area contributed by atoms with E-state index in [2.05, 4.69) is 4.74 Å². The predicted octanol–water partition coefficient (Wildman–Crippen LogP) is 4.42. The Morgan fingerprint density at radius 1 is 1.07 bits per heavy atom. The summed E-state index contributed by atoms with van der Waals surface area (Å²) in [6.45, 7) is -0.494. The van der Waals surface area contributed by atoms with Crippen LogP contribution in [0.15, 0.2) is 47.4 Å². The monoisotopic (exact) mass is 465 g/mol. The van der Waals surface area contributed by atoms with Crippen LogP contribution in [0, 0.1) is 0 Å². The van der Waals surface area contributed by atoms with E-state index in [4.69, 9.17) is 27.9 Å². The molecule has 0 bridgehead atoms. The molecule has 30 heavy (non-hydrogen) atoms. The molecule has 0 unspecified atom stereocenters. The number of hydrogen-bond donors (Lipinski definition) is 0. The zero-order valence-corrected chi connectivity index (χ0v) is 17.7. The van der Waals surface area contributed by atoms with E-state index >= 15 is 0 Å². The Morgan fingerprint density at radius 3 is 2.40 bits per heavy atom. The summed E-state index contributed by atoms with van der Waals surface area (Å²) in [5.41, 5.74) is 0.590. The van der Waals surface area contributed by atoms with Gasteiger partial charge in [0.05, 0.1) is 17.6 Å². The van der Waals surface area contributed by atoms with E-state index in [-0.39, 0.29) is 16.2 Å². The van der Waals surface area contributed by atoms with Crippen LogP contribution in [-0.4, -0.2) is 41.6 Å². The van der Waals surface area contributed by atoms with E-state index in [1.54, 1.807) is 12.1 Å². The highest BCUT2D eigenvalue weighted by Crippen LogP contribution is 2.35. The highest BCUT2D eigenvalue weighted by atomic mass is 35.5. The summed E-state index contributed by atoms with van der Waals surface area (Å²) in [6.07, 6.45) is 1.37. The van der Waals surface area contributed by atoms with Crippen molar-refractivity contribution in [3.8, 4) is 5.75 Å². The minimum absolute atomic E-state index is 0.0509. The number of benzene rings is 2. The first-order valence-corrected chi connectivity index (χ1v) is 9.95. The highest BCUT2D eigenvalue weighted by Gasteiger charge is 2.36. The molecule has 1 aliphatic heterocycles. The fourth-order valence-electron chi connectivity index (χ4n) is 2.44. The molecule has 1 saturated heterocycles. The molecule has 1 fully saturated rings. The van der Waals surface area contributed by atoms with E-state index in [1.807, 2.05) is 0 Å². The molecule has 0 aliphatic carbocycles. The van der Waals surface area contributed by atoms with Crippen LogP contribution in [-0.2, 0) is 14.3 Å². The van der Waals surface area contributed by atoms with Crippen molar-refractivity contribution in [1.82, 2.24) is 4.90 Å². The predicted molar refractivity (Wildman–Crippen MR) is 113 cm³/mol. The maximum atomic E-state index is 12.5. The first kappa shape index (κ1) is 21.9. The third-order valence-electron chi connectivity index (χ3n) is 3.93. The smallest absolute Gasteiger partial charge is 0.343 e. The summed E-state index contributed by atoms with van der Waals surface area (Å²) in [6, 6.07) is 10.6. The van der Waals surface area contributed by atoms with Crippen molar-refractivity contribution in [1.29, 1.82) is 0 Å². The minimum atomic E-state index is -0.723. The SMILES string of the molecule is COC(=O)CN1C(=O)S/C(=C\c2cc(Cl)ccc2OC(=O)c2ccc(Cl)cc2)C1=O. The number of thioether (sulfide) groups is 1. The summed E-state index contributed by atoms with van der Waals surface area (Å²) < 4.78 is 9.92. The van der Waals surface area contributed by atoms with Crippen LogP contribution in [0.3, 0.4) is 0 Å². The molecule has 7 nitrogen and oxygen atoms in total. The fourth-order valence-corrected chi connectivity index (χ4v) is 3.58. The Kier molecular flexibility index (Phi) is 6.81. The van der Waals surface area contributed by atoms with E-state index in [1.165, 1.54) is 36.4 Å². The lowest BCUT2D eigenvalue weighted by atomic mass is 10.1. The van der Waals surface area contributed by atoms with Crippen molar-refractivity contribution in [3.63, 3.8) is 0 Å². The first-order valence-electron chi connectivity index (χ1n) is 8.38.